The van der Waals surface area contributed by atoms with Gasteiger partial charge in [0.15, 0.2) is 0 Å². The maximum atomic E-state index is 13.0. The monoisotopic (exact) mass is 389 g/mol. The number of aryl methyl sites for hydroxylation is 1. The number of nitrogens with one attached hydrogen (secondary N) is 1. The van der Waals surface area contributed by atoms with Gasteiger partial charge in [0, 0.05) is 23.8 Å². The van der Waals surface area contributed by atoms with E-state index < -0.39 is 18.0 Å². The van der Waals surface area contributed by atoms with Crippen LogP contribution in [0.1, 0.15) is 35.0 Å². The van der Waals surface area contributed by atoms with Crippen molar-refractivity contribution in [3.8, 4) is 0 Å². The van der Waals surface area contributed by atoms with E-state index in [0.29, 0.717) is 21.3 Å². The first kappa shape index (κ1) is 19.2. The molecule has 1 heterocycles. The summed E-state index contributed by atoms with van der Waals surface area (Å²) >= 11 is 12.0. The number of methoxy groups -OCH3 is 1. The Bertz CT molecular complexity index is 835. The van der Waals surface area contributed by atoms with Gasteiger partial charge in [-0.05, 0) is 25.1 Å². The van der Waals surface area contributed by atoms with Crippen LogP contribution >= 0.6 is 23.2 Å². The van der Waals surface area contributed by atoms with Crippen LogP contribution in [0.2, 0.25) is 10.0 Å². The molecule has 0 aliphatic carbocycles. The Balaban J connectivity index is 2.36. The summed E-state index contributed by atoms with van der Waals surface area (Å²) in [6.45, 7) is 1.57. The van der Waals surface area contributed by atoms with Crippen LogP contribution in [0.15, 0.2) is 30.1 Å². The molecule has 9 heteroatoms. The Kier molecular flexibility index (Phi) is 6.02. The highest BCUT2D eigenvalue weighted by molar-refractivity contribution is 6.35. The number of carbonyl (C=O) groups is 1. The van der Waals surface area contributed by atoms with Gasteiger partial charge in [-0.3, -0.25) is 9.48 Å². The number of benzene rings is 1. The molecule has 0 aliphatic rings. The Morgan fingerprint density at radius 3 is 2.56 bits per heavy atom. The first-order valence-electron chi connectivity index (χ1n) is 7.08. The van der Waals surface area contributed by atoms with Gasteiger partial charge < -0.3 is 10.1 Å². The minimum absolute atomic E-state index is 0.213. The highest BCUT2D eigenvalue weighted by Crippen LogP contribution is 2.29. The van der Waals surface area contributed by atoms with Crippen molar-refractivity contribution in [2.45, 2.75) is 13.3 Å². The minimum atomic E-state index is -2.86. The van der Waals surface area contributed by atoms with Gasteiger partial charge >= 0.3 is 0 Å². The summed E-state index contributed by atoms with van der Waals surface area (Å²) in [4.78, 5) is 12.3. The average molecular weight is 390 g/mol. The van der Waals surface area contributed by atoms with E-state index in [1.165, 1.54) is 26.4 Å². The molecular weight excluding hydrogens is 375 g/mol. The largest absolute Gasteiger partial charge is 0.494 e. The van der Waals surface area contributed by atoms with Crippen LogP contribution in [0.5, 0.6) is 0 Å². The fourth-order valence-corrected chi connectivity index (χ4v) is 2.77. The van der Waals surface area contributed by atoms with E-state index in [4.69, 9.17) is 27.9 Å². The Morgan fingerprint density at radius 1 is 1.32 bits per heavy atom. The maximum absolute atomic E-state index is 13.0. The second-order valence-electron chi connectivity index (χ2n) is 5.14. The lowest BCUT2D eigenvalue weighted by Gasteiger charge is -2.14. The van der Waals surface area contributed by atoms with E-state index in [-0.39, 0.29) is 11.3 Å². The van der Waals surface area contributed by atoms with Crippen LogP contribution in [-0.4, -0.2) is 22.8 Å². The summed E-state index contributed by atoms with van der Waals surface area (Å²) in [6, 6.07) is 4.78. The first-order valence-corrected chi connectivity index (χ1v) is 7.83. The molecule has 0 saturated heterocycles. The number of allylic oxidation sites excluding steroid dienone is 1. The number of alkyl halides is 2. The smallest absolute Gasteiger partial charge is 0.282 e. The van der Waals surface area contributed by atoms with Gasteiger partial charge in [-0.25, -0.2) is 8.78 Å². The average Bonchev–Trinajstić information content (AvgIpc) is 2.92. The predicted molar refractivity (Wildman–Crippen MR) is 91.7 cm³/mol. The summed E-state index contributed by atoms with van der Waals surface area (Å²) in [5.74, 6) is -0.432. The highest BCUT2D eigenvalue weighted by Gasteiger charge is 2.23. The van der Waals surface area contributed by atoms with Crippen molar-refractivity contribution in [3.05, 3.63) is 57.0 Å². The quantitative estimate of drug-likeness (QED) is 0.769. The molecule has 134 valence electrons. The highest BCUT2D eigenvalue weighted by atomic mass is 35.5. The van der Waals surface area contributed by atoms with Crippen LogP contribution < -0.4 is 5.32 Å². The zero-order chi connectivity index (χ0) is 18.7. The molecule has 1 amide bonds. The summed E-state index contributed by atoms with van der Waals surface area (Å²) < 4.78 is 32.5. The number of halogens is 4. The van der Waals surface area contributed by atoms with Crippen LogP contribution in [-0.2, 0) is 11.8 Å². The van der Waals surface area contributed by atoms with Gasteiger partial charge in [0.1, 0.15) is 11.5 Å². The van der Waals surface area contributed by atoms with Gasteiger partial charge in [0.25, 0.3) is 12.3 Å². The fraction of sp³-hybridized carbons (Fsp3) is 0.250. The lowest BCUT2D eigenvalue weighted by Crippen LogP contribution is -2.23. The van der Waals surface area contributed by atoms with Gasteiger partial charge in [0.2, 0.25) is 0 Å². The number of hydrogen-bond donors (Lipinski definition) is 1. The summed E-state index contributed by atoms with van der Waals surface area (Å²) in [7, 11) is 2.87. The van der Waals surface area contributed by atoms with Crippen LogP contribution in [0.25, 0.3) is 5.76 Å². The van der Waals surface area contributed by atoms with Crippen LogP contribution in [0.4, 0.5) is 8.78 Å². The van der Waals surface area contributed by atoms with Crippen molar-refractivity contribution in [3.63, 3.8) is 0 Å². The molecule has 0 aliphatic heterocycles. The molecule has 0 saturated carbocycles. The standard InChI is InChI=1S/C16H15Cl2F2N3O2/c1-8(14(25-3)10-5-4-9(17)6-12(10)18)21-16(24)11-7-23(2)22-13(11)15(19)20/h4-7,15H,1-3H3,(H,21,24). The topological polar surface area (TPSA) is 56.1 Å². The molecule has 0 fully saturated rings. The second-order valence-corrected chi connectivity index (χ2v) is 5.98. The molecule has 5 nitrogen and oxygen atoms in total. The third kappa shape index (κ3) is 4.29. The molecule has 1 aromatic carbocycles. The van der Waals surface area contributed by atoms with Crippen molar-refractivity contribution in [2.75, 3.05) is 7.11 Å². The molecular formula is C16H15Cl2F2N3O2. The fourth-order valence-electron chi connectivity index (χ4n) is 2.27. The van der Waals surface area contributed by atoms with Crippen molar-refractivity contribution in [1.29, 1.82) is 0 Å². The van der Waals surface area contributed by atoms with E-state index in [0.717, 1.165) is 4.68 Å². The maximum Gasteiger partial charge on any atom is 0.282 e. The lowest BCUT2D eigenvalue weighted by molar-refractivity contribution is 0.0950. The Morgan fingerprint density at radius 2 is 2.00 bits per heavy atom. The van der Waals surface area contributed by atoms with E-state index >= 15 is 0 Å². The van der Waals surface area contributed by atoms with Gasteiger partial charge in [-0.2, -0.15) is 5.10 Å². The normalized spacial score (nSPS) is 12.2. The predicted octanol–water partition coefficient (Wildman–Crippen LogP) is 4.43. The third-order valence-corrected chi connectivity index (χ3v) is 3.88. The van der Waals surface area contributed by atoms with Crippen LogP contribution in [0, 0.1) is 0 Å². The number of nitrogens with zero attached hydrogens (tertiary/aromatic N) is 2. The molecule has 0 radical (unpaired) electrons. The molecule has 1 aromatic heterocycles. The molecule has 0 unspecified atom stereocenters. The molecule has 25 heavy (non-hydrogen) atoms. The zero-order valence-electron chi connectivity index (χ0n) is 13.6. The number of amides is 1. The lowest BCUT2D eigenvalue weighted by atomic mass is 10.1. The van der Waals surface area contributed by atoms with E-state index in [9.17, 15) is 13.6 Å². The van der Waals surface area contributed by atoms with Crippen molar-refractivity contribution in [1.82, 2.24) is 15.1 Å². The van der Waals surface area contributed by atoms with Gasteiger partial charge in [-0.15, -0.1) is 0 Å². The number of ether oxygens (including phenoxy) is 1. The summed E-state index contributed by atoms with van der Waals surface area (Å²) in [5.41, 5.74) is 0.0122. The SMILES string of the molecule is COC(=C(C)NC(=O)c1cn(C)nc1C(F)F)c1ccc(Cl)cc1Cl. The number of rotatable bonds is 5. The van der Waals surface area contributed by atoms with Gasteiger partial charge in [0.05, 0.1) is 23.4 Å². The number of hydrogen-bond acceptors (Lipinski definition) is 3. The van der Waals surface area contributed by atoms with Crippen molar-refractivity contribution in [2.24, 2.45) is 7.05 Å². The van der Waals surface area contributed by atoms with Crippen molar-refractivity contribution < 1.29 is 18.3 Å². The summed E-state index contributed by atoms with van der Waals surface area (Å²) in [5, 5.41) is 6.92. The van der Waals surface area contributed by atoms with Crippen molar-refractivity contribution >= 4 is 34.9 Å². The number of aromatic nitrogens is 2. The Labute approximate surface area is 153 Å². The van der Waals surface area contributed by atoms with Gasteiger partial charge in [-0.1, -0.05) is 23.2 Å². The molecule has 1 N–H and O–H groups in total. The second kappa shape index (κ2) is 7.84. The molecule has 0 bridgehead atoms. The van der Waals surface area contributed by atoms with E-state index in [2.05, 4.69) is 10.4 Å². The van der Waals surface area contributed by atoms with E-state index in [1.807, 2.05) is 0 Å². The first-order chi connectivity index (χ1) is 11.7. The summed E-state index contributed by atoms with van der Waals surface area (Å²) in [6.07, 6.45) is -1.63. The molecule has 2 rings (SSSR count). The third-order valence-electron chi connectivity index (χ3n) is 3.33. The molecule has 0 atom stereocenters. The zero-order valence-corrected chi connectivity index (χ0v) is 15.1. The molecule has 2 aromatic rings. The minimum Gasteiger partial charge on any atom is -0.494 e. The number of carbonyl (C=O) groups excluding carboxylic acids is 1. The van der Waals surface area contributed by atoms with E-state index in [1.54, 1.807) is 19.1 Å². The Hall–Kier alpha value is -2.12. The molecule has 0 spiro atoms. The van der Waals surface area contributed by atoms with Crippen LogP contribution in [0.3, 0.4) is 0 Å².